The van der Waals surface area contributed by atoms with E-state index in [0.717, 1.165) is 0 Å². The highest BCUT2D eigenvalue weighted by Crippen LogP contribution is 2.39. The predicted molar refractivity (Wildman–Crippen MR) is 65.2 cm³/mol. The van der Waals surface area contributed by atoms with Crippen molar-refractivity contribution in [2.45, 2.75) is 26.1 Å². The van der Waals surface area contributed by atoms with Gasteiger partial charge in [-0.25, -0.2) is 4.79 Å². The Morgan fingerprint density at radius 3 is 2.65 bits per heavy atom. The van der Waals surface area contributed by atoms with Gasteiger partial charge in [0.1, 0.15) is 5.37 Å². The third-order valence-electron chi connectivity index (χ3n) is 2.49. The number of methoxy groups -OCH3 is 1. The molecule has 6 heteroatoms. The van der Waals surface area contributed by atoms with Gasteiger partial charge < -0.3 is 9.47 Å². The van der Waals surface area contributed by atoms with Gasteiger partial charge in [-0.15, -0.1) is 11.8 Å². The molecule has 1 heterocycles. The first-order valence-corrected chi connectivity index (χ1v) is 6.25. The van der Waals surface area contributed by atoms with Crippen LogP contribution in [-0.2, 0) is 14.3 Å². The number of thioether (sulfide) groups is 1. The van der Waals surface area contributed by atoms with E-state index >= 15 is 0 Å². The standard InChI is InChI=1S/C11H17NO4S/c1-5-16-10(14)12-6-7-17-8(12)11(2,3)9(13)15-4/h6-8H,5H2,1-4H3. The van der Waals surface area contributed by atoms with Crippen LogP contribution in [0, 0.1) is 5.41 Å². The van der Waals surface area contributed by atoms with Crippen molar-refractivity contribution in [1.82, 2.24) is 4.90 Å². The molecule has 1 amide bonds. The van der Waals surface area contributed by atoms with Gasteiger partial charge in [-0.1, -0.05) is 0 Å². The van der Waals surface area contributed by atoms with Crippen LogP contribution in [0.15, 0.2) is 11.6 Å². The monoisotopic (exact) mass is 259 g/mol. The second-order valence-corrected chi connectivity index (χ2v) is 5.08. The lowest BCUT2D eigenvalue weighted by atomic mass is 9.92. The van der Waals surface area contributed by atoms with E-state index in [4.69, 9.17) is 9.47 Å². The van der Waals surface area contributed by atoms with Gasteiger partial charge in [0, 0.05) is 6.20 Å². The van der Waals surface area contributed by atoms with E-state index in [1.807, 2.05) is 0 Å². The van der Waals surface area contributed by atoms with Crippen molar-refractivity contribution in [1.29, 1.82) is 0 Å². The Morgan fingerprint density at radius 1 is 1.47 bits per heavy atom. The van der Waals surface area contributed by atoms with Crippen LogP contribution in [0.2, 0.25) is 0 Å². The first kappa shape index (κ1) is 13.9. The molecule has 0 aliphatic carbocycles. The fourth-order valence-corrected chi connectivity index (χ4v) is 2.63. The number of nitrogens with zero attached hydrogens (tertiary/aromatic N) is 1. The number of carbonyl (C=O) groups is 2. The highest BCUT2D eigenvalue weighted by Gasteiger charge is 2.45. The number of rotatable bonds is 3. The maximum atomic E-state index is 11.7. The van der Waals surface area contributed by atoms with Gasteiger partial charge in [0.25, 0.3) is 0 Å². The van der Waals surface area contributed by atoms with Gasteiger partial charge in [0.2, 0.25) is 0 Å². The van der Waals surface area contributed by atoms with E-state index in [2.05, 4.69) is 0 Å². The summed E-state index contributed by atoms with van der Waals surface area (Å²) in [4.78, 5) is 24.8. The first-order valence-electron chi connectivity index (χ1n) is 5.30. The Labute approximate surface area is 105 Å². The smallest absolute Gasteiger partial charge is 0.414 e. The molecule has 0 aromatic heterocycles. The Hall–Kier alpha value is -1.17. The van der Waals surface area contributed by atoms with E-state index in [1.54, 1.807) is 32.4 Å². The molecule has 0 N–H and O–H groups in total. The van der Waals surface area contributed by atoms with Crippen LogP contribution in [0.4, 0.5) is 4.79 Å². The van der Waals surface area contributed by atoms with Crippen LogP contribution in [0.25, 0.3) is 0 Å². The summed E-state index contributed by atoms with van der Waals surface area (Å²) >= 11 is 1.40. The summed E-state index contributed by atoms with van der Waals surface area (Å²) in [5.41, 5.74) is -0.796. The van der Waals surface area contributed by atoms with Gasteiger partial charge in [0.15, 0.2) is 0 Å². The van der Waals surface area contributed by atoms with Crippen molar-refractivity contribution in [2.24, 2.45) is 5.41 Å². The van der Waals surface area contributed by atoms with E-state index in [9.17, 15) is 9.59 Å². The average molecular weight is 259 g/mol. The average Bonchev–Trinajstić information content (AvgIpc) is 2.77. The van der Waals surface area contributed by atoms with E-state index in [-0.39, 0.29) is 11.3 Å². The molecule has 1 aliphatic heterocycles. The number of esters is 1. The predicted octanol–water partition coefficient (Wildman–Crippen LogP) is 2.19. The molecule has 0 spiro atoms. The molecule has 17 heavy (non-hydrogen) atoms. The summed E-state index contributed by atoms with van der Waals surface area (Å²) in [6.45, 7) is 5.54. The van der Waals surface area contributed by atoms with Crippen molar-refractivity contribution in [3.05, 3.63) is 11.6 Å². The van der Waals surface area contributed by atoms with Crippen molar-refractivity contribution in [2.75, 3.05) is 13.7 Å². The van der Waals surface area contributed by atoms with E-state index in [1.165, 1.54) is 23.8 Å². The number of amides is 1. The normalized spacial score (nSPS) is 19.3. The lowest BCUT2D eigenvalue weighted by Gasteiger charge is -2.33. The maximum absolute atomic E-state index is 11.7. The van der Waals surface area contributed by atoms with Crippen LogP contribution < -0.4 is 0 Å². The third kappa shape index (κ3) is 2.74. The maximum Gasteiger partial charge on any atom is 0.414 e. The second-order valence-electron chi connectivity index (χ2n) is 4.09. The molecular formula is C11H17NO4S. The third-order valence-corrected chi connectivity index (χ3v) is 3.84. The molecular weight excluding hydrogens is 242 g/mol. The fraction of sp³-hybridized carbons (Fsp3) is 0.636. The Bertz CT molecular complexity index is 340. The van der Waals surface area contributed by atoms with Crippen molar-refractivity contribution in [3.8, 4) is 0 Å². The Morgan fingerprint density at radius 2 is 2.12 bits per heavy atom. The largest absolute Gasteiger partial charge is 0.469 e. The molecule has 96 valence electrons. The lowest BCUT2D eigenvalue weighted by molar-refractivity contribution is -0.151. The quantitative estimate of drug-likeness (QED) is 0.727. The number of hydrogen-bond donors (Lipinski definition) is 0. The molecule has 0 aromatic rings. The molecule has 1 atom stereocenters. The van der Waals surface area contributed by atoms with Gasteiger partial charge in [-0.3, -0.25) is 9.69 Å². The molecule has 0 saturated heterocycles. The van der Waals surface area contributed by atoms with Crippen molar-refractivity contribution >= 4 is 23.8 Å². The highest BCUT2D eigenvalue weighted by molar-refractivity contribution is 8.03. The summed E-state index contributed by atoms with van der Waals surface area (Å²) < 4.78 is 9.69. The number of carbonyl (C=O) groups excluding carboxylic acids is 2. The highest BCUT2D eigenvalue weighted by atomic mass is 32.2. The van der Waals surface area contributed by atoms with Crippen LogP contribution >= 0.6 is 11.8 Å². The van der Waals surface area contributed by atoms with Crippen LogP contribution in [0.3, 0.4) is 0 Å². The molecule has 0 radical (unpaired) electrons. The van der Waals surface area contributed by atoms with Gasteiger partial charge in [0.05, 0.1) is 19.1 Å². The van der Waals surface area contributed by atoms with Crippen LogP contribution in [0.5, 0.6) is 0 Å². The summed E-state index contributed by atoms with van der Waals surface area (Å²) in [5, 5.41) is 1.43. The van der Waals surface area contributed by atoms with E-state index < -0.39 is 11.5 Å². The molecule has 1 aliphatic rings. The van der Waals surface area contributed by atoms with E-state index in [0.29, 0.717) is 6.61 Å². The number of ether oxygens (including phenoxy) is 2. The van der Waals surface area contributed by atoms with Crippen molar-refractivity contribution < 1.29 is 19.1 Å². The summed E-state index contributed by atoms with van der Waals surface area (Å²) in [6.07, 6.45) is 1.17. The van der Waals surface area contributed by atoms with Crippen molar-refractivity contribution in [3.63, 3.8) is 0 Å². The number of hydrogen-bond acceptors (Lipinski definition) is 5. The molecule has 1 rings (SSSR count). The van der Waals surface area contributed by atoms with Crippen LogP contribution in [0.1, 0.15) is 20.8 Å². The second kappa shape index (κ2) is 5.44. The molecule has 5 nitrogen and oxygen atoms in total. The summed E-state index contributed by atoms with van der Waals surface area (Å²) in [7, 11) is 1.34. The molecule has 0 aromatic carbocycles. The van der Waals surface area contributed by atoms with Gasteiger partial charge in [-0.2, -0.15) is 0 Å². The zero-order valence-corrected chi connectivity index (χ0v) is 11.2. The van der Waals surface area contributed by atoms with Gasteiger partial charge in [-0.05, 0) is 26.2 Å². The minimum absolute atomic E-state index is 0.305. The zero-order valence-electron chi connectivity index (χ0n) is 10.4. The molecule has 0 saturated carbocycles. The SMILES string of the molecule is CCOC(=O)N1C=CSC1C(C)(C)C(=O)OC. The topological polar surface area (TPSA) is 55.8 Å². The van der Waals surface area contributed by atoms with Crippen LogP contribution in [-0.4, -0.2) is 36.1 Å². The Balaban J connectivity index is 2.84. The Kier molecular flexibility index (Phi) is 4.45. The summed E-state index contributed by atoms with van der Waals surface area (Å²) in [6, 6.07) is 0. The molecule has 0 fully saturated rings. The zero-order chi connectivity index (χ0) is 13.1. The minimum atomic E-state index is -0.796. The summed E-state index contributed by atoms with van der Waals surface area (Å²) in [5.74, 6) is -0.354. The molecule has 1 unspecified atom stereocenters. The minimum Gasteiger partial charge on any atom is -0.469 e. The van der Waals surface area contributed by atoms with Gasteiger partial charge >= 0.3 is 12.1 Å². The molecule has 0 bridgehead atoms. The lowest BCUT2D eigenvalue weighted by Crippen LogP contribution is -2.46. The fourth-order valence-electron chi connectivity index (χ4n) is 1.56. The first-order chi connectivity index (χ1) is 7.95.